The maximum Gasteiger partial charge on any atom is 0.320 e. The number of rotatable bonds is 17. The summed E-state index contributed by atoms with van der Waals surface area (Å²) in [6.45, 7) is 15.9. The summed E-state index contributed by atoms with van der Waals surface area (Å²) in [6, 6.07) is 55.0. The fourth-order valence-corrected chi connectivity index (χ4v) is 7.97. The van der Waals surface area contributed by atoms with Crippen LogP contribution in [0.4, 0.5) is 0 Å². The summed E-state index contributed by atoms with van der Waals surface area (Å²) in [5.41, 5.74) is 6.33. The zero-order chi connectivity index (χ0) is 50.7. The first-order valence-electron chi connectivity index (χ1n) is 22.5. The number of alkyl halides is 1. The minimum absolute atomic E-state index is 0.0292. The predicted molar refractivity (Wildman–Crippen MR) is 294 cm³/mol. The summed E-state index contributed by atoms with van der Waals surface area (Å²) in [5, 5.41) is 12.7. The first-order chi connectivity index (χ1) is 32.7. The summed E-state index contributed by atoms with van der Waals surface area (Å²) < 4.78 is 13.6. The van der Waals surface area contributed by atoms with Gasteiger partial charge in [-0.25, -0.2) is 0 Å². The van der Waals surface area contributed by atoms with Crippen LogP contribution in [0.5, 0.6) is 0 Å². The van der Waals surface area contributed by atoms with Crippen molar-refractivity contribution in [2.45, 2.75) is 92.0 Å². The fourth-order valence-electron chi connectivity index (χ4n) is 6.52. The van der Waals surface area contributed by atoms with Gasteiger partial charge in [0.05, 0.1) is 13.1 Å². The molecule has 2 N–H and O–H groups in total. The third kappa shape index (κ3) is 28.7. The van der Waals surface area contributed by atoms with Gasteiger partial charge in [0.25, 0.3) is 0 Å². The number of hydrogen-bond donors (Lipinski definition) is 2. The lowest BCUT2D eigenvalue weighted by atomic mass is 10.1. The van der Waals surface area contributed by atoms with Crippen LogP contribution in [0.3, 0.4) is 0 Å². The summed E-state index contributed by atoms with van der Waals surface area (Å²) in [5.74, 6) is -1.23. The molecule has 13 heteroatoms. The number of esters is 2. The Morgan fingerprint density at radius 1 is 0.464 bits per heavy atom. The minimum atomic E-state index is -0.809. The Labute approximate surface area is 443 Å². The van der Waals surface area contributed by atoms with E-state index < -0.39 is 11.6 Å². The van der Waals surface area contributed by atoms with Gasteiger partial charge < -0.3 is 19.9 Å². The lowest BCUT2D eigenvalue weighted by Gasteiger charge is -2.25. The van der Waals surface area contributed by atoms with Crippen molar-refractivity contribution in [1.82, 2.24) is 15.1 Å². The molecule has 0 aromatic heterocycles. The van der Waals surface area contributed by atoms with Crippen LogP contribution in [0.2, 0.25) is 0 Å². The summed E-state index contributed by atoms with van der Waals surface area (Å²) in [4.78, 5) is 37.8. The Bertz CT molecular complexity index is 2410. The average molecular weight is 1200 g/mol. The van der Waals surface area contributed by atoms with Gasteiger partial charge in [-0.2, -0.15) is 0 Å². The molecular weight excluding hydrogens is 1130 g/mol. The van der Waals surface area contributed by atoms with E-state index in [-0.39, 0.29) is 36.0 Å². The summed E-state index contributed by atoms with van der Waals surface area (Å²) in [6.07, 6.45) is 0. The Morgan fingerprint density at radius 3 is 1.17 bits per heavy atom. The highest BCUT2D eigenvalue weighted by molar-refractivity contribution is 9.11. The lowest BCUT2D eigenvalue weighted by molar-refractivity contribution is -0.156. The van der Waals surface area contributed by atoms with E-state index in [0.717, 1.165) is 43.2 Å². The van der Waals surface area contributed by atoms with Gasteiger partial charge in [0.2, 0.25) is 0 Å². The van der Waals surface area contributed by atoms with Gasteiger partial charge in [-0.1, -0.05) is 191 Å². The largest absolute Gasteiger partial charge is 0.480 e. The van der Waals surface area contributed by atoms with E-state index >= 15 is 0 Å². The fraction of sp³-hybridized carbons (Fsp3) is 0.304. The van der Waals surface area contributed by atoms with E-state index in [4.69, 9.17) is 14.6 Å². The molecule has 0 aliphatic carbocycles. The van der Waals surface area contributed by atoms with Crippen LogP contribution in [-0.4, -0.2) is 62.4 Å². The highest BCUT2D eigenvalue weighted by Gasteiger charge is 2.20. The Hall–Kier alpha value is -4.47. The molecule has 0 aliphatic rings. The highest BCUT2D eigenvalue weighted by Crippen LogP contribution is 2.18. The molecular formula is C56H65Br4N3O6. The molecule has 0 aliphatic heterocycles. The van der Waals surface area contributed by atoms with E-state index in [1.807, 2.05) is 144 Å². The van der Waals surface area contributed by atoms with Crippen molar-refractivity contribution in [3.05, 3.63) is 211 Å². The molecule has 0 amide bonds. The van der Waals surface area contributed by atoms with Crippen molar-refractivity contribution in [3.63, 3.8) is 0 Å². The zero-order valence-electron chi connectivity index (χ0n) is 40.3. The van der Waals surface area contributed by atoms with Crippen LogP contribution in [0, 0.1) is 0 Å². The molecule has 69 heavy (non-hydrogen) atoms. The van der Waals surface area contributed by atoms with Gasteiger partial charge in [0.1, 0.15) is 16.5 Å². The molecule has 0 unspecified atom stereocenters. The van der Waals surface area contributed by atoms with Gasteiger partial charge >= 0.3 is 17.9 Å². The standard InChI is InChI=1S/C20H24BrNO2.C16H16BrNO2.C14H14BrN.C6H11BrO2/c1-20(2,3)24-19(23)15-22(13-16-8-5-4-6-9-16)14-17-10-7-11-18(21)12-17;17-15-8-4-7-14(9-15)11-18(12-16(19)20)10-13-5-2-1-3-6-13;15-14-8-4-7-13(9-14)11-16-10-12-5-2-1-3-6-12;1-6(2,3)9-5(8)4-7/h4-12H,13-15H2,1-3H3;1-9H,10-12H2,(H,19,20);1-9,16H,10-11H2;4H2,1-3H3. The number of carboxylic acid groups (broad SMARTS) is 1. The average Bonchev–Trinajstić information content (AvgIpc) is 3.27. The number of ether oxygens (including phenoxy) is 2. The SMILES string of the molecule is Brc1cccc(CNCc2ccccc2)c1.CC(C)(C)OC(=O)CBr.CC(C)(C)OC(=O)CN(Cc1ccccc1)Cc1cccc(Br)c1.O=C(O)CN(Cc1ccccc1)Cc1cccc(Br)c1. The number of carboxylic acids is 1. The molecule has 0 saturated heterocycles. The van der Waals surface area contributed by atoms with Crippen LogP contribution in [0.1, 0.15) is 74.9 Å². The number of hydrogen-bond acceptors (Lipinski definition) is 8. The molecule has 6 aromatic carbocycles. The molecule has 9 nitrogen and oxygen atoms in total. The normalized spacial score (nSPS) is 11.0. The highest BCUT2D eigenvalue weighted by atomic mass is 79.9. The maximum atomic E-state index is 12.2. The zero-order valence-corrected chi connectivity index (χ0v) is 46.7. The van der Waals surface area contributed by atoms with E-state index in [1.54, 1.807) is 0 Å². The molecule has 0 bridgehead atoms. The number of carbonyl (C=O) groups is 3. The van der Waals surface area contributed by atoms with E-state index in [0.29, 0.717) is 26.2 Å². The Kier molecular flexibility index (Phi) is 27.0. The monoisotopic (exact) mass is 1190 g/mol. The third-order valence-corrected chi connectivity index (χ3v) is 11.1. The van der Waals surface area contributed by atoms with Crippen molar-refractivity contribution in [1.29, 1.82) is 0 Å². The molecule has 0 fully saturated rings. The van der Waals surface area contributed by atoms with Crippen LogP contribution in [-0.2, 0) is 63.1 Å². The van der Waals surface area contributed by atoms with E-state index in [2.05, 4.69) is 141 Å². The summed E-state index contributed by atoms with van der Waals surface area (Å²) >= 11 is 13.4. The van der Waals surface area contributed by atoms with E-state index in [1.165, 1.54) is 16.7 Å². The molecule has 0 saturated carbocycles. The van der Waals surface area contributed by atoms with Crippen molar-refractivity contribution in [2.75, 3.05) is 18.4 Å². The van der Waals surface area contributed by atoms with Gasteiger partial charge in [0, 0.05) is 52.7 Å². The van der Waals surface area contributed by atoms with Crippen LogP contribution >= 0.6 is 63.7 Å². The van der Waals surface area contributed by atoms with Gasteiger partial charge in [0.15, 0.2) is 0 Å². The minimum Gasteiger partial charge on any atom is -0.480 e. The molecule has 6 aromatic rings. The molecule has 0 spiro atoms. The Morgan fingerprint density at radius 2 is 0.797 bits per heavy atom. The lowest BCUT2D eigenvalue weighted by Crippen LogP contribution is -2.34. The van der Waals surface area contributed by atoms with Crippen molar-refractivity contribution in [3.8, 4) is 0 Å². The Balaban J connectivity index is 0.000000255. The second-order valence-corrected chi connectivity index (χ2v) is 21.2. The second kappa shape index (κ2) is 31.7. The molecule has 368 valence electrons. The number of benzene rings is 6. The van der Waals surface area contributed by atoms with Gasteiger partial charge in [-0.3, -0.25) is 24.2 Å². The number of nitrogens with one attached hydrogen (secondary N) is 1. The quantitative estimate of drug-likeness (QED) is 0.0682. The number of halogens is 4. The van der Waals surface area contributed by atoms with Crippen LogP contribution < -0.4 is 5.32 Å². The van der Waals surface area contributed by atoms with Crippen molar-refractivity contribution in [2.24, 2.45) is 0 Å². The number of nitrogens with zero attached hydrogens (tertiary/aromatic N) is 2. The molecule has 0 heterocycles. The van der Waals surface area contributed by atoms with Crippen LogP contribution in [0.15, 0.2) is 177 Å². The van der Waals surface area contributed by atoms with Gasteiger partial charge in [-0.05, 0) is 111 Å². The molecule has 0 atom stereocenters. The number of aliphatic carboxylic acids is 1. The topological polar surface area (TPSA) is 108 Å². The summed E-state index contributed by atoms with van der Waals surface area (Å²) in [7, 11) is 0. The maximum absolute atomic E-state index is 12.2. The number of carbonyl (C=O) groups excluding carboxylic acids is 2. The molecule has 6 rings (SSSR count). The van der Waals surface area contributed by atoms with Crippen molar-refractivity contribution >= 4 is 81.6 Å². The predicted octanol–water partition coefficient (Wildman–Crippen LogP) is 13.8. The third-order valence-electron chi connectivity index (χ3n) is 9.14. The second-order valence-electron chi connectivity index (χ2n) is 17.9. The molecule has 0 radical (unpaired) electrons. The van der Waals surface area contributed by atoms with Crippen molar-refractivity contribution < 1.29 is 29.0 Å². The van der Waals surface area contributed by atoms with E-state index in [9.17, 15) is 14.4 Å². The first kappa shape index (κ1) is 58.8. The van der Waals surface area contributed by atoms with Gasteiger partial charge in [-0.15, -0.1) is 0 Å². The van der Waals surface area contributed by atoms with Crippen LogP contribution in [0.25, 0.3) is 0 Å². The first-order valence-corrected chi connectivity index (χ1v) is 26.0. The smallest absolute Gasteiger partial charge is 0.320 e.